The normalized spacial score (nSPS) is 21.1. The summed E-state index contributed by atoms with van der Waals surface area (Å²) < 4.78 is 36.6. The third kappa shape index (κ3) is 2.60. The van der Waals surface area contributed by atoms with Crippen molar-refractivity contribution in [1.82, 2.24) is 15.3 Å². The third-order valence-corrected chi connectivity index (χ3v) is 2.37. The van der Waals surface area contributed by atoms with Crippen LogP contribution in [0.2, 0.25) is 0 Å². The molecule has 1 aromatic heterocycles. The first-order chi connectivity index (χ1) is 7.55. The average Bonchev–Trinajstić information content (AvgIpc) is 2.70. The molecule has 1 aliphatic heterocycles. The molecule has 2 rings (SSSR count). The molecule has 1 saturated heterocycles. The van der Waals surface area contributed by atoms with Gasteiger partial charge in [0.1, 0.15) is 0 Å². The van der Waals surface area contributed by atoms with Crippen molar-refractivity contribution in [3.63, 3.8) is 0 Å². The summed E-state index contributed by atoms with van der Waals surface area (Å²) in [5, 5.41) is 6.10. The highest BCUT2D eigenvalue weighted by Gasteiger charge is 2.31. The highest BCUT2D eigenvalue weighted by atomic mass is 19.4. The Morgan fingerprint density at radius 1 is 1.31 bits per heavy atom. The minimum atomic E-state index is -4.38. The zero-order valence-electron chi connectivity index (χ0n) is 8.38. The summed E-state index contributed by atoms with van der Waals surface area (Å²) in [6.45, 7) is 1.68. The number of hydrogen-bond acceptors (Lipinski definition) is 4. The Bertz CT molecular complexity index is 343. The summed E-state index contributed by atoms with van der Waals surface area (Å²) in [7, 11) is 0. The monoisotopic (exact) mass is 232 g/mol. The predicted octanol–water partition coefficient (Wildman–Crippen LogP) is 1.27. The maximum absolute atomic E-state index is 12.2. The second-order valence-electron chi connectivity index (χ2n) is 3.63. The van der Waals surface area contributed by atoms with E-state index in [1.54, 1.807) is 0 Å². The predicted molar refractivity (Wildman–Crippen MR) is 51.9 cm³/mol. The van der Waals surface area contributed by atoms with Crippen molar-refractivity contribution in [3.8, 4) is 0 Å². The van der Waals surface area contributed by atoms with Gasteiger partial charge in [-0.05, 0) is 13.0 Å². The summed E-state index contributed by atoms with van der Waals surface area (Å²) in [5.41, 5.74) is -0.831. The van der Waals surface area contributed by atoms with E-state index in [0.29, 0.717) is 0 Å². The van der Waals surface area contributed by atoms with Gasteiger partial charge >= 0.3 is 6.18 Å². The van der Waals surface area contributed by atoms with E-state index in [9.17, 15) is 13.2 Å². The van der Waals surface area contributed by atoms with E-state index in [2.05, 4.69) is 20.6 Å². The van der Waals surface area contributed by atoms with E-state index < -0.39 is 11.7 Å². The molecule has 1 aromatic rings. The summed E-state index contributed by atoms with van der Waals surface area (Å²) in [6.07, 6.45) is -1.88. The van der Waals surface area contributed by atoms with E-state index in [-0.39, 0.29) is 12.0 Å². The Kier molecular flexibility index (Phi) is 2.95. The van der Waals surface area contributed by atoms with Crippen LogP contribution in [0.4, 0.5) is 19.1 Å². The minimum absolute atomic E-state index is 0.191. The lowest BCUT2D eigenvalue weighted by Crippen LogP contribution is -2.23. The van der Waals surface area contributed by atoms with Crippen LogP contribution < -0.4 is 10.6 Å². The van der Waals surface area contributed by atoms with E-state index in [0.717, 1.165) is 31.9 Å². The number of nitrogens with one attached hydrogen (secondary N) is 2. The summed E-state index contributed by atoms with van der Waals surface area (Å²) >= 11 is 0. The molecule has 1 fully saturated rings. The van der Waals surface area contributed by atoms with Crippen LogP contribution in [-0.2, 0) is 6.18 Å². The molecule has 1 atom stereocenters. The Hall–Kier alpha value is -1.37. The van der Waals surface area contributed by atoms with Gasteiger partial charge < -0.3 is 10.6 Å². The molecule has 0 amide bonds. The number of rotatable bonds is 2. The zero-order valence-corrected chi connectivity index (χ0v) is 8.38. The lowest BCUT2D eigenvalue weighted by molar-refractivity contribution is -0.138. The van der Waals surface area contributed by atoms with Gasteiger partial charge in [0.15, 0.2) is 0 Å². The van der Waals surface area contributed by atoms with Crippen molar-refractivity contribution in [1.29, 1.82) is 0 Å². The molecule has 0 unspecified atom stereocenters. The van der Waals surface area contributed by atoms with Crippen LogP contribution in [-0.4, -0.2) is 29.1 Å². The number of halogens is 3. The van der Waals surface area contributed by atoms with E-state index >= 15 is 0 Å². The molecule has 0 spiro atoms. The topological polar surface area (TPSA) is 49.8 Å². The summed E-state index contributed by atoms with van der Waals surface area (Å²) in [6, 6.07) is 0.191. The fraction of sp³-hybridized carbons (Fsp3) is 0.556. The third-order valence-electron chi connectivity index (χ3n) is 2.37. The Labute approximate surface area is 90.3 Å². The Morgan fingerprint density at radius 2 is 2.00 bits per heavy atom. The second kappa shape index (κ2) is 4.25. The van der Waals surface area contributed by atoms with Crippen molar-refractivity contribution in [3.05, 3.63) is 18.0 Å². The maximum Gasteiger partial charge on any atom is 0.419 e. The quantitative estimate of drug-likeness (QED) is 0.806. The molecule has 7 heteroatoms. The van der Waals surface area contributed by atoms with Crippen LogP contribution >= 0.6 is 0 Å². The molecule has 16 heavy (non-hydrogen) atoms. The number of aromatic nitrogens is 2. The lowest BCUT2D eigenvalue weighted by atomic mass is 10.3. The highest BCUT2D eigenvalue weighted by molar-refractivity contribution is 5.27. The van der Waals surface area contributed by atoms with Crippen LogP contribution in [0.5, 0.6) is 0 Å². The molecule has 0 bridgehead atoms. The fourth-order valence-electron chi connectivity index (χ4n) is 1.51. The van der Waals surface area contributed by atoms with Crippen molar-refractivity contribution in [2.75, 3.05) is 18.4 Å². The van der Waals surface area contributed by atoms with Gasteiger partial charge in [0.25, 0.3) is 0 Å². The lowest BCUT2D eigenvalue weighted by Gasteiger charge is -2.11. The van der Waals surface area contributed by atoms with E-state index in [1.807, 2.05) is 0 Å². The maximum atomic E-state index is 12.2. The first-order valence-corrected chi connectivity index (χ1v) is 4.92. The van der Waals surface area contributed by atoms with E-state index in [4.69, 9.17) is 0 Å². The van der Waals surface area contributed by atoms with Crippen molar-refractivity contribution in [2.45, 2.75) is 18.6 Å². The van der Waals surface area contributed by atoms with E-state index in [1.165, 1.54) is 0 Å². The van der Waals surface area contributed by atoms with Gasteiger partial charge in [0, 0.05) is 25.0 Å². The van der Waals surface area contributed by atoms with Crippen LogP contribution in [0.25, 0.3) is 0 Å². The van der Waals surface area contributed by atoms with Crippen LogP contribution in [0.15, 0.2) is 12.4 Å². The Balaban J connectivity index is 2.01. The zero-order chi connectivity index (χ0) is 11.6. The van der Waals surface area contributed by atoms with Crippen molar-refractivity contribution in [2.24, 2.45) is 0 Å². The smallest absolute Gasteiger partial charge is 0.350 e. The molecular formula is C9H11F3N4. The van der Waals surface area contributed by atoms with Gasteiger partial charge in [-0.25, -0.2) is 9.97 Å². The molecule has 0 aliphatic carbocycles. The highest BCUT2D eigenvalue weighted by Crippen LogP contribution is 2.28. The van der Waals surface area contributed by atoms with Gasteiger partial charge in [-0.2, -0.15) is 13.2 Å². The fourth-order valence-corrected chi connectivity index (χ4v) is 1.51. The largest absolute Gasteiger partial charge is 0.419 e. The van der Waals surface area contributed by atoms with Gasteiger partial charge in [-0.3, -0.25) is 0 Å². The average molecular weight is 232 g/mol. The number of hydrogen-bond donors (Lipinski definition) is 2. The SMILES string of the molecule is FC(F)(F)c1cnc(N[C@H]2CCNC2)nc1. The van der Waals surface area contributed by atoms with Crippen molar-refractivity contribution < 1.29 is 13.2 Å². The second-order valence-corrected chi connectivity index (χ2v) is 3.63. The minimum Gasteiger partial charge on any atom is -0.350 e. The first-order valence-electron chi connectivity index (χ1n) is 4.92. The molecule has 88 valence electrons. The van der Waals surface area contributed by atoms with Gasteiger partial charge in [0.2, 0.25) is 5.95 Å². The van der Waals surface area contributed by atoms with Crippen LogP contribution in [0.1, 0.15) is 12.0 Å². The van der Waals surface area contributed by atoms with Crippen LogP contribution in [0.3, 0.4) is 0 Å². The number of nitrogens with zero attached hydrogens (tertiary/aromatic N) is 2. The molecule has 0 saturated carbocycles. The molecular weight excluding hydrogens is 221 g/mol. The molecule has 2 heterocycles. The summed E-state index contributed by atoms with van der Waals surface area (Å²) in [4.78, 5) is 7.28. The van der Waals surface area contributed by atoms with Crippen LogP contribution in [0, 0.1) is 0 Å². The number of anilines is 1. The van der Waals surface area contributed by atoms with Gasteiger partial charge in [-0.15, -0.1) is 0 Å². The molecule has 1 aliphatic rings. The van der Waals surface area contributed by atoms with Gasteiger partial charge in [0.05, 0.1) is 5.56 Å². The standard InChI is InChI=1S/C9H11F3N4/c10-9(11,12)6-3-14-8(15-4-6)16-7-1-2-13-5-7/h3-4,7,13H,1-2,5H2,(H,14,15,16)/t7-/m0/s1. The Morgan fingerprint density at radius 3 is 2.50 bits per heavy atom. The molecule has 0 aromatic carbocycles. The molecule has 4 nitrogen and oxygen atoms in total. The molecule has 2 N–H and O–H groups in total. The first kappa shape index (κ1) is 11.1. The summed E-state index contributed by atoms with van der Waals surface area (Å²) in [5.74, 6) is 0.238. The molecule has 0 radical (unpaired) electrons. The van der Waals surface area contributed by atoms with Gasteiger partial charge in [-0.1, -0.05) is 0 Å². The number of alkyl halides is 3. The van der Waals surface area contributed by atoms with Crippen molar-refractivity contribution >= 4 is 5.95 Å².